The van der Waals surface area contributed by atoms with Gasteiger partial charge >= 0.3 is 0 Å². The Bertz CT molecular complexity index is 624. The zero-order valence-corrected chi connectivity index (χ0v) is 10.9. The molecule has 19 heavy (non-hydrogen) atoms. The molecule has 1 heterocycles. The minimum atomic E-state index is -0.0517. The van der Waals surface area contributed by atoms with E-state index in [4.69, 9.17) is 5.26 Å². The van der Waals surface area contributed by atoms with Crippen molar-refractivity contribution in [2.45, 2.75) is 26.3 Å². The maximum absolute atomic E-state index is 11.8. The Morgan fingerprint density at radius 1 is 1.47 bits per heavy atom. The second-order valence-electron chi connectivity index (χ2n) is 4.29. The third kappa shape index (κ3) is 2.91. The summed E-state index contributed by atoms with van der Waals surface area (Å²) in [7, 11) is 0. The van der Waals surface area contributed by atoms with Crippen LogP contribution in [0.4, 0.5) is 0 Å². The van der Waals surface area contributed by atoms with Crippen molar-refractivity contribution < 1.29 is 4.79 Å². The Labute approximate surface area is 111 Å². The summed E-state index contributed by atoms with van der Waals surface area (Å²) < 4.78 is 1.81. The molecule has 0 saturated carbocycles. The summed E-state index contributed by atoms with van der Waals surface area (Å²) >= 11 is 0. The molecule has 2 rings (SSSR count). The first kappa shape index (κ1) is 13.1. The molecule has 5 heteroatoms. The highest BCUT2D eigenvalue weighted by Gasteiger charge is 2.12. The van der Waals surface area contributed by atoms with Crippen LogP contribution in [0.5, 0.6) is 0 Å². The number of hydrogen-bond acceptors (Lipinski definition) is 3. The average molecular weight is 256 g/mol. The number of nitrogens with zero attached hydrogens (tertiary/aromatic N) is 3. The van der Waals surface area contributed by atoms with Crippen molar-refractivity contribution >= 4 is 16.9 Å². The number of carbonyl (C=O) groups excluding carboxylic acids is 1. The fourth-order valence-corrected chi connectivity index (χ4v) is 1.97. The number of carbonyl (C=O) groups is 1. The van der Waals surface area contributed by atoms with E-state index >= 15 is 0 Å². The molecule has 98 valence electrons. The molecule has 0 saturated heterocycles. The van der Waals surface area contributed by atoms with Crippen molar-refractivity contribution in [3.8, 4) is 6.07 Å². The molecule has 0 atom stereocenters. The predicted octanol–water partition coefficient (Wildman–Crippen LogP) is 1.63. The first-order valence-electron chi connectivity index (χ1n) is 6.34. The fraction of sp³-hybridized carbons (Fsp3) is 0.357. The van der Waals surface area contributed by atoms with E-state index in [1.54, 1.807) is 0 Å². The number of nitriles is 1. The van der Waals surface area contributed by atoms with E-state index in [0.29, 0.717) is 12.4 Å². The lowest BCUT2D eigenvalue weighted by Crippen LogP contribution is -2.28. The van der Waals surface area contributed by atoms with Gasteiger partial charge in [-0.2, -0.15) is 5.26 Å². The molecule has 0 aliphatic carbocycles. The van der Waals surface area contributed by atoms with Crippen molar-refractivity contribution in [3.63, 3.8) is 0 Å². The summed E-state index contributed by atoms with van der Waals surface area (Å²) in [5.41, 5.74) is 1.70. The van der Waals surface area contributed by atoms with Gasteiger partial charge in [-0.25, -0.2) is 4.98 Å². The predicted molar refractivity (Wildman–Crippen MR) is 72.4 cm³/mol. The standard InChI is InChI=1S/C14H16N4O/c1-2-9-16-14(19)10-18-12-6-4-3-5-11(12)17-13(18)7-8-15/h3-6H,2,7,9-10H2,1H3,(H,16,19). The molecular formula is C14H16N4O. The molecule has 0 aliphatic heterocycles. The molecular weight excluding hydrogens is 240 g/mol. The highest BCUT2D eigenvalue weighted by molar-refractivity contribution is 5.81. The summed E-state index contributed by atoms with van der Waals surface area (Å²) in [5, 5.41) is 11.7. The number of amides is 1. The van der Waals surface area contributed by atoms with E-state index in [0.717, 1.165) is 17.5 Å². The topological polar surface area (TPSA) is 70.7 Å². The second kappa shape index (κ2) is 6.01. The van der Waals surface area contributed by atoms with Gasteiger partial charge < -0.3 is 9.88 Å². The molecule has 5 nitrogen and oxygen atoms in total. The van der Waals surface area contributed by atoms with Crippen LogP contribution in [-0.2, 0) is 17.8 Å². The maximum Gasteiger partial charge on any atom is 0.240 e. The van der Waals surface area contributed by atoms with Gasteiger partial charge in [-0.1, -0.05) is 19.1 Å². The van der Waals surface area contributed by atoms with Gasteiger partial charge in [0.25, 0.3) is 0 Å². The Balaban J connectivity index is 2.31. The normalized spacial score (nSPS) is 10.3. The summed E-state index contributed by atoms with van der Waals surface area (Å²) in [6, 6.07) is 9.68. The van der Waals surface area contributed by atoms with Crippen molar-refractivity contribution in [3.05, 3.63) is 30.1 Å². The van der Waals surface area contributed by atoms with E-state index in [1.807, 2.05) is 35.8 Å². The quantitative estimate of drug-likeness (QED) is 0.883. The van der Waals surface area contributed by atoms with Gasteiger partial charge in [0.15, 0.2) is 0 Å². The molecule has 0 aliphatic rings. The molecule has 0 bridgehead atoms. The van der Waals surface area contributed by atoms with Gasteiger partial charge in [0.1, 0.15) is 12.4 Å². The van der Waals surface area contributed by atoms with Gasteiger partial charge in [0.05, 0.1) is 23.5 Å². The highest BCUT2D eigenvalue weighted by atomic mass is 16.1. The largest absolute Gasteiger partial charge is 0.355 e. The van der Waals surface area contributed by atoms with Crippen LogP contribution in [-0.4, -0.2) is 22.0 Å². The minimum Gasteiger partial charge on any atom is -0.355 e. The van der Waals surface area contributed by atoms with Crippen LogP contribution in [0.25, 0.3) is 11.0 Å². The average Bonchev–Trinajstić information content (AvgIpc) is 2.75. The number of aromatic nitrogens is 2. The van der Waals surface area contributed by atoms with Crippen LogP contribution in [0.2, 0.25) is 0 Å². The number of benzene rings is 1. The van der Waals surface area contributed by atoms with Crippen LogP contribution in [0.1, 0.15) is 19.2 Å². The summed E-state index contributed by atoms with van der Waals surface area (Å²) in [6.07, 6.45) is 1.11. The van der Waals surface area contributed by atoms with Gasteiger partial charge in [-0.15, -0.1) is 0 Å². The number of rotatable bonds is 5. The monoisotopic (exact) mass is 256 g/mol. The number of imidazole rings is 1. The van der Waals surface area contributed by atoms with Crippen LogP contribution in [0, 0.1) is 11.3 Å². The Morgan fingerprint density at radius 2 is 2.26 bits per heavy atom. The Kier molecular flexibility index (Phi) is 4.14. The molecule has 1 aromatic heterocycles. The first-order chi connectivity index (χ1) is 9.26. The summed E-state index contributed by atoms with van der Waals surface area (Å²) in [5.74, 6) is 0.583. The van der Waals surface area contributed by atoms with Crippen molar-refractivity contribution in [1.29, 1.82) is 5.26 Å². The van der Waals surface area contributed by atoms with Crippen molar-refractivity contribution in [2.75, 3.05) is 6.54 Å². The highest BCUT2D eigenvalue weighted by Crippen LogP contribution is 2.16. The minimum absolute atomic E-state index is 0.0517. The molecule has 0 fully saturated rings. The van der Waals surface area contributed by atoms with E-state index in [-0.39, 0.29) is 18.9 Å². The van der Waals surface area contributed by atoms with E-state index < -0.39 is 0 Å². The lowest BCUT2D eigenvalue weighted by molar-refractivity contribution is -0.121. The van der Waals surface area contributed by atoms with Crippen LogP contribution < -0.4 is 5.32 Å². The third-order valence-electron chi connectivity index (χ3n) is 2.84. The molecule has 1 amide bonds. The zero-order valence-electron chi connectivity index (χ0n) is 10.9. The zero-order chi connectivity index (χ0) is 13.7. The van der Waals surface area contributed by atoms with Crippen LogP contribution >= 0.6 is 0 Å². The number of nitrogens with one attached hydrogen (secondary N) is 1. The third-order valence-corrected chi connectivity index (χ3v) is 2.84. The fourth-order valence-electron chi connectivity index (χ4n) is 1.97. The molecule has 1 aromatic carbocycles. The summed E-state index contributed by atoms with van der Waals surface area (Å²) in [6.45, 7) is 2.88. The molecule has 0 radical (unpaired) electrons. The lowest BCUT2D eigenvalue weighted by atomic mass is 10.3. The van der Waals surface area contributed by atoms with Gasteiger partial charge in [-0.05, 0) is 18.6 Å². The number of fused-ring (bicyclic) bond motifs is 1. The molecule has 0 spiro atoms. The van der Waals surface area contributed by atoms with E-state index in [2.05, 4.69) is 16.4 Å². The van der Waals surface area contributed by atoms with Gasteiger partial charge in [0.2, 0.25) is 5.91 Å². The van der Waals surface area contributed by atoms with E-state index in [1.165, 1.54) is 0 Å². The maximum atomic E-state index is 11.8. The SMILES string of the molecule is CCCNC(=O)Cn1c(CC#N)nc2ccccc21. The van der Waals surface area contributed by atoms with Crippen LogP contribution in [0.15, 0.2) is 24.3 Å². The number of hydrogen-bond donors (Lipinski definition) is 1. The van der Waals surface area contributed by atoms with Crippen molar-refractivity contribution in [2.24, 2.45) is 0 Å². The molecule has 2 aromatic rings. The van der Waals surface area contributed by atoms with Crippen LogP contribution in [0.3, 0.4) is 0 Å². The Morgan fingerprint density at radius 3 is 3.00 bits per heavy atom. The number of para-hydroxylation sites is 2. The van der Waals surface area contributed by atoms with Crippen molar-refractivity contribution in [1.82, 2.24) is 14.9 Å². The van der Waals surface area contributed by atoms with Gasteiger partial charge in [-0.3, -0.25) is 4.79 Å². The second-order valence-corrected chi connectivity index (χ2v) is 4.29. The van der Waals surface area contributed by atoms with Gasteiger partial charge in [0, 0.05) is 6.54 Å². The molecule has 0 unspecified atom stereocenters. The molecule has 1 N–H and O–H groups in total. The lowest BCUT2D eigenvalue weighted by Gasteiger charge is -2.08. The summed E-state index contributed by atoms with van der Waals surface area (Å²) in [4.78, 5) is 16.2. The van der Waals surface area contributed by atoms with E-state index in [9.17, 15) is 4.79 Å². The Hall–Kier alpha value is -2.35. The first-order valence-corrected chi connectivity index (χ1v) is 6.34. The smallest absolute Gasteiger partial charge is 0.240 e.